The van der Waals surface area contributed by atoms with Gasteiger partial charge < -0.3 is 19.5 Å². The van der Waals surface area contributed by atoms with E-state index in [1.165, 1.54) is 7.11 Å². The van der Waals surface area contributed by atoms with Crippen molar-refractivity contribution in [1.29, 1.82) is 0 Å². The third kappa shape index (κ3) is 7.31. The number of hydrogen-bond acceptors (Lipinski definition) is 8. The Morgan fingerprint density at radius 2 is 1.73 bits per heavy atom. The summed E-state index contributed by atoms with van der Waals surface area (Å²) in [7, 11) is 1.36. The van der Waals surface area contributed by atoms with Gasteiger partial charge in [0.15, 0.2) is 0 Å². The quantitative estimate of drug-likeness (QED) is 0.250. The Morgan fingerprint density at radius 1 is 1.00 bits per heavy atom. The summed E-state index contributed by atoms with van der Waals surface area (Å²) < 4.78 is 15.9. The molecule has 0 atom stereocenters. The first-order valence-electron chi connectivity index (χ1n) is 10.7. The number of methoxy groups -OCH3 is 1. The molecule has 33 heavy (non-hydrogen) atoms. The molecule has 0 amide bonds. The maximum Gasteiger partial charge on any atom is 0.337 e. The van der Waals surface area contributed by atoms with Crippen molar-refractivity contribution in [3.05, 3.63) is 83.7 Å². The molecule has 0 saturated carbocycles. The van der Waals surface area contributed by atoms with Crippen LogP contribution in [-0.4, -0.2) is 41.2 Å². The second-order valence-electron chi connectivity index (χ2n) is 7.08. The Kier molecular flexibility index (Phi) is 8.76. The van der Waals surface area contributed by atoms with E-state index < -0.39 is 0 Å². The highest BCUT2D eigenvalue weighted by Gasteiger charge is 2.10. The number of rotatable bonds is 12. The van der Waals surface area contributed by atoms with Gasteiger partial charge >= 0.3 is 12.0 Å². The van der Waals surface area contributed by atoms with Crippen LogP contribution in [0.25, 0.3) is 0 Å². The fraction of sp³-hybridized carbons (Fsp3) is 0.280. The van der Waals surface area contributed by atoms with Crippen LogP contribution in [0.5, 0.6) is 11.8 Å². The lowest BCUT2D eigenvalue weighted by atomic mass is 10.1. The maximum atomic E-state index is 11.6. The molecule has 1 N–H and O–H groups in total. The summed E-state index contributed by atoms with van der Waals surface area (Å²) in [6.07, 6.45) is 3.10. The summed E-state index contributed by atoms with van der Waals surface area (Å²) in [5.74, 6) is 1.44. The number of carbonyl (C=O) groups excluding carboxylic acids is 1. The average molecular weight is 449 g/mol. The van der Waals surface area contributed by atoms with Gasteiger partial charge in [-0.05, 0) is 48.7 Å². The summed E-state index contributed by atoms with van der Waals surface area (Å²) in [6.45, 7) is 7.16. The van der Waals surface area contributed by atoms with Gasteiger partial charge in [-0.2, -0.15) is 15.0 Å². The lowest BCUT2D eigenvalue weighted by molar-refractivity contribution is 0.0600. The Hall–Kier alpha value is -3.94. The molecule has 0 aliphatic carbocycles. The van der Waals surface area contributed by atoms with Crippen molar-refractivity contribution in [2.45, 2.75) is 26.3 Å². The van der Waals surface area contributed by atoms with Crippen molar-refractivity contribution in [1.82, 2.24) is 15.0 Å². The van der Waals surface area contributed by atoms with Gasteiger partial charge in [0.05, 0.1) is 25.9 Å². The monoisotopic (exact) mass is 448 g/mol. The zero-order valence-corrected chi connectivity index (χ0v) is 18.9. The Bertz CT molecular complexity index is 1050. The first kappa shape index (κ1) is 23.7. The van der Waals surface area contributed by atoms with Gasteiger partial charge in [0.2, 0.25) is 5.95 Å². The number of benzene rings is 2. The number of aromatic nitrogens is 3. The minimum Gasteiger partial charge on any atom is -0.493 e. The van der Waals surface area contributed by atoms with E-state index in [9.17, 15) is 4.79 Å². The normalized spacial score (nSPS) is 10.4. The fourth-order valence-electron chi connectivity index (χ4n) is 2.95. The lowest BCUT2D eigenvalue weighted by Gasteiger charge is -2.10. The van der Waals surface area contributed by atoms with Gasteiger partial charge in [-0.1, -0.05) is 30.3 Å². The number of anilines is 1. The van der Waals surface area contributed by atoms with Crippen molar-refractivity contribution in [3.8, 4) is 11.8 Å². The molecule has 0 radical (unpaired) electrons. The third-order valence-corrected chi connectivity index (χ3v) is 4.64. The molecule has 0 spiro atoms. The molecule has 0 saturated heterocycles. The first-order valence-corrected chi connectivity index (χ1v) is 10.7. The molecule has 0 fully saturated rings. The minimum atomic E-state index is -0.372. The highest BCUT2D eigenvalue weighted by atomic mass is 16.5. The third-order valence-electron chi connectivity index (χ3n) is 4.64. The molecule has 0 aliphatic heterocycles. The van der Waals surface area contributed by atoms with Crippen LogP contribution in [0.3, 0.4) is 0 Å². The molecule has 1 heterocycles. The molecule has 3 rings (SSSR count). The van der Waals surface area contributed by atoms with Crippen LogP contribution >= 0.6 is 0 Å². The SMILES string of the molecule is C=CCCOc1ccc(CNc2nc(Cc3ccc(C(=O)OC)cc3)nc(OCC)n2)cc1. The average Bonchev–Trinajstić information content (AvgIpc) is 2.84. The van der Waals surface area contributed by atoms with Gasteiger partial charge in [-0.3, -0.25) is 0 Å². The summed E-state index contributed by atoms with van der Waals surface area (Å²) >= 11 is 0. The molecule has 0 aliphatic rings. The van der Waals surface area contributed by atoms with E-state index >= 15 is 0 Å². The predicted octanol–water partition coefficient (Wildman–Crippen LogP) is 4.21. The second kappa shape index (κ2) is 12.2. The van der Waals surface area contributed by atoms with E-state index in [1.807, 2.05) is 49.4 Å². The number of nitrogens with one attached hydrogen (secondary N) is 1. The zero-order valence-electron chi connectivity index (χ0n) is 18.9. The van der Waals surface area contributed by atoms with Gasteiger partial charge in [-0.15, -0.1) is 6.58 Å². The van der Waals surface area contributed by atoms with Crippen LogP contribution in [0.2, 0.25) is 0 Å². The summed E-state index contributed by atoms with van der Waals surface area (Å²) in [6, 6.07) is 15.2. The number of esters is 1. The maximum absolute atomic E-state index is 11.6. The topological polar surface area (TPSA) is 95.5 Å². The van der Waals surface area contributed by atoms with E-state index in [-0.39, 0.29) is 12.0 Å². The summed E-state index contributed by atoms with van der Waals surface area (Å²) in [4.78, 5) is 24.9. The molecule has 2 aromatic carbocycles. The van der Waals surface area contributed by atoms with Crippen molar-refractivity contribution in [3.63, 3.8) is 0 Å². The van der Waals surface area contributed by atoms with E-state index in [4.69, 9.17) is 14.2 Å². The number of carbonyl (C=O) groups is 1. The lowest BCUT2D eigenvalue weighted by Crippen LogP contribution is -2.10. The molecule has 172 valence electrons. The van der Waals surface area contributed by atoms with Crippen molar-refractivity contribution < 1.29 is 19.0 Å². The molecule has 3 aromatic rings. The zero-order chi connectivity index (χ0) is 23.5. The molecule has 8 nitrogen and oxygen atoms in total. The van der Waals surface area contributed by atoms with Crippen molar-refractivity contribution in [2.75, 3.05) is 25.6 Å². The first-order chi connectivity index (χ1) is 16.1. The molecule has 0 unspecified atom stereocenters. The van der Waals surface area contributed by atoms with Gasteiger partial charge in [0.1, 0.15) is 11.6 Å². The molecule has 1 aromatic heterocycles. The minimum absolute atomic E-state index is 0.266. The van der Waals surface area contributed by atoms with Crippen LogP contribution in [-0.2, 0) is 17.7 Å². The molecule has 0 bridgehead atoms. The van der Waals surface area contributed by atoms with Crippen LogP contribution in [0, 0.1) is 0 Å². The van der Waals surface area contributed by atoms with Crippen molar-refractivity contribution in [2.24, 2.45) is 0 Å². The summed E-state index contributed by atoms with van der Waals surface area (Å²) in [5, 5.41) is 3.23. The largest absolute Gasteiger partial charge is 0.493 e. The van der Waals surface area contributed by atoms with E-state index in [1.54, 1.807) is 12.1 Å². The highest BCUT2D eigenvalue weighted by molar-refractivity contribution is 5.89. The Morgan fingerprint density at radius 3 is 2.39 bits per heavy atom. The van der Waals surface area contributed by atoms with Gasteiger partial charge in [0.25, 0.3) is 0 Å². The van der Waals surface area contributed by atoms with Crippen LogP contribution in [0.1, 0.15) is 40.7 Å². The molecular formula is C25H28N4O4. The van der Waals surface area contributed by atoms with E-state index in [2.05, 4.69) is 26.8 Å². The number of ether oxygens (including phenoxy) is 3. The number of hydrogen-bond donors (Lipinski definition) is 1. The van der Waals surface area contributed by atoms with E-state index in [0.29, 0.717) is 43.5 Å². The van der Waals surface area contributed by atoms with Crippen molar-refractivity contribution >= 4 is 11.9 Å². The molecule has 8 heteroatoms. The highest BCUT2D eigenvalue weighted by Crippen LogP contribution is 2.16. The summed E-state index contributed by atoms with van der Waals surface area (Å²) in [5.41, 5.74) is 2.50. The number of nitrogens with zero attached hydrogens (tertiary/aromatic N) is 3. The smallest absolute Gasteiger partial charge is 0.337 e. The fourth-order valence-corrected chi connectivity index (χ4v) is 2.95. The Labute approximate surface area is 193 Å². The standard InChI is InChI=1S/C25H28N4O4/c1-4-6-15-33-21-13-9-19(10-14-21)17-26-24-27-22(28-25(29-24)32-5-2)16-18-7-11-20(12-8-18)23(30)31-3/h4,7-14H,1,5-6,15-17H2,2-3H3,(H,26,27,28,29). The van der Waals surface area contributed by atoms with Crippen LogP contribution < -0.4 is 14.8 Å². The van der Waals surface area contributed by atoms with Gasteiger partial charge in [-0.25, -0.2) is 4.79 Å². The predicted molar refractivity (Wildman–Crippen MR) is 126 cm³/mol. The second-order valence-corrected chi connectivity index (χ2v) is 7.08. The van der Waals surface area contributed by atoms with Crippen LogP contribution in [0.4, 0.5) is 5.95 Å². The van der Waals surface area contributed by atoms with Crippen LogP contribution in [0.15, 0.2) is 61.2 Å². The van der Waals surface area contributed by atoms with E-state index in [0.717, 1.165) is 23.3 Å². The molecular weight excluding hydrogens is 420 g/mol. The Balaban J connectivity index is 1.67. The van der Waals surface area contributed by atoms with Gasteiger partial charge in [0, 0.05) is 13.0 Å².